The molecule has 0 fully saturated rings. The highest BCUT2D eigenvalue weighted by Crippen LogP contribution is 2.34. The molecule has 0 aliphatic heterocycles. The van der Waals surface area contributed by atoms with Gasteiger partial charge < -0.3 is 15.0 Å². The number of amides is 1. The van der Waals surface area contributed by atoms with Crippen molar-refractivity contribution in [2.24, 2.45) is 0 Å². The SMILES string of the molecule is COc1cccc(C(CC(=O)NCc2ccc(F)cc2)c2c[nH]c3ccccc23)c1. The molecule has 1 atom stereocenters. The maximum atomic E-state index is 13.1. The van der Waals surface area contributed by atoms with Crippen LogP contribution >= 0.6 is 0 Å². The van der Waals surface area contributed by atoms with Crippen molar-refractivity contribution in [3.63, 3.8) is 0 Å². The molecule has 1 aromatic heterocycles. The van der Waals surface area contributed by atoms with Gasteiger partial charge in [0.25, 0.3) is 0 Å². The van der Waals surface area contributed by atoms with Crippen molar-refractivity contribution in [3.8, 4) is 5.75 Å². The Morgan fingerprint density at radius 3 is 2.67 bits per heavy atom. The van der Waals surface area contributed by atoms with Crippen LogP contribution in [0.4, 0.5) is 4.39 Å². The van der Waals surface area contributed by atoms with Crippen molar-refractivity contribution in [1.29, 1.82) is 0 Å². The molecule has 0 saturated carbocycles. The quantitative estimate of drug-likeness (QED) is 0.449. The molecule has 1 unspecified atom stereocenters. The minimum absolute atomic E-state index is 0.0718. The number of methoxy groups -OCH3 is 1. The standard InChI is InChI=1S/C25H23FN2O2/c1-30-20-6-4-5-18(13-20)22(23-16-27-24-8-3-2-7-21(23)24)14-25(29)28-15-17-9-11-19(26)12-10-17/h2-13,16,22,27H,14-15H2,1H3,(H,28,29). The second-order valence-electron chi connectivity index (χ2n) is 7.23. The Morgan fingerprint density at radius 2 is 1.87 bits per heavy atom. The van der Waals surface area contributed by atoms with Crippen LogP contribution in [0, 0.1) is 5.82 Å². The number of benzene rings is 3. The summed E-state index contributed by atoms with van der Waals surface area (Å²) in [5, 5.41) is 4.05. The van der Waals surface area contributed by atoms with E-state index in [0.29, 0.717) is 6.54 Å². The van der Waals surface area contributed by atoms with Crippen LogP contribution in [-0.2, 0) is 11.3 Å². The average molecular weight is 402 g/mol. The second kappa shape index (κ2) is 8.82. The third-order valence-corrected chi connectivity index (χ3v) is 5.29. The number of halogens is 1. The largest absolute Gasteiger partial charge is 0.497 e. The topological polar surface area (TPSA) is 54.1 Å². The Labute approximate surface area is 174 Å². The average Bonchev–Trinajstić information content (AvgIpc) is 3.21. The van der Waals surface area contributed by atoms with E-state index in [1.807, 2.05) is 48.7 Å². The highest BCUT2D eigenvalue weighted by atomic mass is 19.1. The van der Waals surface area contributed by atoms with E-state index in [2.05, 4.69) is 16.4 Å². The van der Waals surface area contributed by atoms with E-state index in [0.717, 1.165) is 33.3 Å². The number of carbonyl (C=O) groups excluding carboxylic acids is 1. The number of nitrogens with one attached hydrogen (secondary N) is 2. The van der Waals surface area contributed by atoms with E-state index in [1.54, 1.807) is 19.2 Å². The summed E-state index contributed by atoms with van der Waals surface area (Å²) in [6.45, 7) is 0.359. The molecule has 3 aromatic carbocycles. The van der Waals surface area contributed by atoms with Crippen LogP contribution in [0.5, 0.6) is 5.75 Å². The summed E-state index contributed by atoms with van der Waals surface area (Å²) >= 11 is 0. The zero-order valence-corrected chi connectivity index (χ0v) is 16.7. The molecule has 4 aromatic rings. The Bertz CT molecular complexity index is 1150. The number of fused-ring (bicyclic) bond motifs is 1. The van der Waals surface area contributed by atoms with E-state index in [4.69, 9.17) is 4.74 Å². The number of rotatable bonds is 7. The number of H-pyrrole nitrogens is 1. The predicted molar refractivity (Wildman–Crippen MR) is 116 cm³/mol. The Kier molecular flexibility index (Phi) is 5.80. The summed E-state index contributed by atoms with van der Waals surface area (Å²) in [6, 6.07) is 22.0. The van der Waals surface area contributed by atoms with Crippen LogP contribution in [0.25, 0.3) is 10.9 Å². The van der Waals surface area contributed by atoms with Crippen LogP contribution in [0.15, 0.2) is 79.0 Å². The van der Waals surface area contributed by atoms with Gasteiger partial charge in [0.15, 0.2) is 0 Å². The fourth-order valence-corrected chi connectivity index (χ4v) is 3.71. The van der Waals surface area contributed by atoms with Gasteiger partial charge in [-0.15, -0.1) is 0 Å². The highest BCUT2D eigenvalue weighted by Gasteiger charge is 2.22. The van der Waals surface area contributed by atoms with Crippen molar-refractivity contribution in [2.45, 2.75) is 18.9 Å². The monoisotopic (exact) mass is 402 g/mol. The molecule has 0 aliphatic rings. The molecule has 0 bridgehead atoms. The van der Waals surface area contributed by atoms with E-state index >= 15 is 0 Å². The van der Waals surface area contributed by atoms with Crippen LogP contribution in [0.1, 0.15) is 29.0 Å². The van der Waals surface area contributed by atoms with Gasteiger partial charge in [-0.05, 0) is 47.0 Å². The van der Waals surface area contributed by atoms with Gasteiger partial charge in [0.1, 0.15) is 11.6 Å². The minimum Gasteiger partial charge on any atom is -0.497 e. The van der Waals surface area contributed by atoms with Gasteiger partial charge in [-0.2, -0.15) is 0 Å². The molecule has 0 saturated heterocycles. The smallest absolute Gasteiger partial charge is 0.221 e. The molecule has 152 valence electrons. The first kappa shape index (κ1) is 19.7. The van der Waals surface area contributed by atoms with Crippen molar-refractivity contribution in [3.05, 3.63) is 102 Å². The maximum absolute atomic E-state index is 13.1. The van der Waals surface area contributed by atoms with E-state index in [-0.39, 0.29) is 24.1 Å². The first-order chi connectivity index (χ1) is 14.6. The maximum Gasteiger partial charge on any atom is 0.221 e. The number of hydrogen-bond acceptors (Lipinski definition) is 2. The molecular formula is C25H23FN2O2. The van der Waals surface area contributed by atoms with Crippen LogP contribution < -0.4 is 10.1 Å². The van der Waals surface area contributed by atoms with Crippen molar-refractivity contribution in [1.82, 2.24) is 10.3 Å². The van der Waals surface area contributed by atoms with Crippen LogP contribution in [0.3, 0.4) is 0 Å². The summed E-state index contributed by atoms with van der Waals surface area (Å²) in [4.78, 5) is 16.1. The Morgan fingerprint density at radius 1 is 1.07 bits per heavy atom. The Balaban J connectivity index is 1.60. The van der Waals surface area contributed by atoms with Crippen molar-refractivity contribution in [2.75, 3.05) is 7.11 Å². The van der Waals surface area contributed by atoms with Crippen LogP contribution in [-0.4, -0.2) is 18.0 Å². The summed E-state index contributed by atoms with van der Waals surface area (Å²) < 4.78 is 18.5. The molecule has 0 aliphatic carbocycles. The number of para-hydroxylation sites is 1. The third-order valence-electron chi connectivity index (χ3n) is 5.29. The molecular weight excluding hydrogens is 379 g/mol. The Hall–Kier alpha value is -3.60. The lowest BCUT2D eigenvalue weighted by Crippen LogP contribution is -2.25. The molecule has 5 heteroatoms. The fourth-order valence-electron chi connectivity index (χ4n) is 3.71. The highest BCUT2D eigenvalue weighted by molar-refractivity contribution is 5.86. The second-order valence-corrected chi connectivity index (χ2v) is 7.23. The number of carbonyl (C=O) groups is 1. The number of hydrogen-bond donors (Lipinski definition) is 2. The van der Waals surface area contributed by atoms with Gasteiger partial charge in [0, 0.05) is 36.0 Å². The van der Waals surface area contributed by atoms with Gasteiger partial charge in [0.2, 0.25) is 5.91 Å². The number of aromatic amines is 1. The summed E-state index contributed by atoms with van der Waals surface area (Å²) in [5.41, 5.74) is 3.97. The molecule has 30 heavy (non-hydrogen) atoms. The summed E-state index contributed by atoms with van der Waals surface area (Å²) in [5.74, 6) is 0.258. The molecule has 1 heterocycles. The number of ether oxygens (including phenoxy) is 1. The van der Waals surface area contributed by atoms with E-state index in [1.165, 1.54) is 12.1 Å². The number of aromatic nitrogens is 1. The van der Waals surface area contributed by atoms with Gasteiger partial charge in [0.05, 0.1) is 7.11 Å². The summed E-state index contributed by atoms with van der Waals surface area (Å²) in [7, 11) is 1.63. The molecule has 0 spiro atoms. The predicted octanol–water partition coefficient (Wildman–Crippen LogP) is 5.15. The van der Waals surface area contributed by atoms with Crippen molar-refractivity contribution >= 4 is 16.8 Å². The van der Waals surface area contributed by atoms with E-state index in [9.17, 15) is 9.18 Å². The van der Waals surface area contributed by atoms with Gasteiger partial charge in [-0.3, -0.25) is 4.79 Å². The van der Waals surface area contributed by atoms with Gasteiger partial charge in [-0.25, -0.2) is 4.39 Å². The van der Waals surface area contributed by atoms with Crippen LogP contribution in [0.2, 0.25) is 0 Å². The molecule has 4 nitrogen and oxygen atoms in total. The molecule has 0 radical (unpaired) electrons. The molecule has 2 N–H and O–H groups in total. The first-order valence-corrected chi connectivity index (χ1v) is 9.85. The lowest BCUT2D eigenvalue weighted by atomic mass is 9.88. The molecule has 1 amide bonds. The van der Waals surface area contributed by atoms with Crippen molar-refractivity contribution < 1.29 is 13.9 Å². The first-order valence-electron chi connectivity index (χ1n) is 9.85. The van der Waals surface area contributed by atoms with E-state index < -0.39 is 0 Å². The lowest BCUT2D eigenvalue weighted by Gasteiger charge is -2.18. The fraction of sp³-hybridized carbons (Fsp3) is 0.160. The van der Waals surface area contributed by atoms with Gasteiger partial charge in [-0.1, -0.05) is 42.5 Å². The minimum atomic E-state index is -0.289. The summed E-state index contributed by atoms with van der Waals surface area (Å²) in [6.07, 6.45) is 2.26. The normalized spacial score (nSPS) is 11.9. The lowest BCUT2D eigenvalue weighted by molar-refractivity contribution is -0.121. The zero-order valence-electron chi connectivity index (χ0n) is 16.7. The van der Waals surface area contributed by atoms with Gasteiger partial charge >= 0.3 is 0 Å². The zero-order chi connectivity index (χ0) is 20.9. The molecule has 4 rings (SSSR count). The third kappa shape index (κ3) is 4.35.